The smallest absolute Gasteiger partial charge is 0.286 e. The third-order valence-electron chi connectivity index (χ3n) is 5.45. The van der Waals surface area contributed by atoms with Crippen LogP contribution in [0.2, 0.25) is 0 Å². The molecule has 1 aliphatic rings. The van der Waals surface area contributed by atoms with Crippen molar-refractivity contribution < 1.29 is 19.1 Å². The first-order valence-electron chi connectivity index (χ1n) is 10.3. The number of hydrogen-bond acceptors (Lipinski definition) is 6. The maximum absolute atomic E-state index is 13.2. The van der Waals surface area contributed by atoms with Crippen molar-refractivity contribution in [2.75, 3.05) is 19.1 Å². The quantitative estimate of drug-likeness (QED) is 0.424. The largest absolute Gasteiger partial charge is 0.497 e. The second-order valence-corrected chi connectivity index (χ2v) is 7.36. The van der Waals surface area contributed by atoms with Crippen LogP contribution in [0.25, 0.3) is 22.5 Å². The van der Waals surface area contributed by atoms with Gasteiger partial charge in [-0.3, -0.25) is 9.59 Å². The number of aromatic nitrogens is 2. The summed E-state index contributed by atoms with van der Waals surface area (Å²) in [5, 5.41) is 0. The van der Waals surface area contributed by atoms with E-state index in [2.05, 4.69) is 9.97 Å². The Morgan fingerprint density at radius 1 is 0.576 bits per heavy atom. The highest BCUT2D eigenvalue weighted by atomic mass is 16.5. The van der Waals surface area contributed by atoms with Crippen molar-refractivity contribution >= 4 is 17.5 Å². The van der Waals surface area contributed by atoms with E-state index in [1.807, 2.05) is 54.6 Å². The summed E-state index contributed by atoms with van der Waals surface area (Å²) in [6, 6.07) is 23.4. The van der Waals surface area contributed by atoms with Crippen molar-refractivity contribution in [3.05, 3.63) is 90.3 Å². The van der Waals surface area contributed by atoms with Crippen LogP contribution in [0.3, 0.4) is 0 Å². The van der Waals surface area contributed by atoms with Crippen LogP contribution in [0.15, 0.2) is 78.9 Å². The number of anilines is 1. The summed E-state index contributed by atoms with van der Waals surface area (Å²) in [5.74, 6) is 0.398. The molecule has 1 aliphatic heterocycles. The van der Waals surface area contributed by atoms with E-state index in [0.717, 1.165) is 16.0 Å². The van der Waals surface area contributed by atoms with E-state index in [1.165, 1.54) is 0 Å². The SMILES string of the molecule is COc1ccc(-c2nc3c(nc2-c2ccc(OC)cc2)C(=O)N(c2ccccc2)C3=O)cc1. The number of carbonyl (C=O) groups excluding carboxylic acids is 2. The van der Waals surface area contributed by atoms with Crippen molar-refractivity contribution in [2.45, 2.75) is 0 Å². The fourth-order valence-corrected chi connectivity index (χ4v) is 3.75. The summed E-state index contributed by atoms with van der Waals surface area (Å²) in [6.07, 6.45) is 0. The minimum Gasteiger partial charge on any atom is -0.497 e. The van der Waals surface area contributed by atoms with Crippen LogP contribution in [0.4, 0.5) is 5.69 Å². The van der Waals surface area contributed by atoms with Crippen molar-refractivity contribution in [1.29, 1.82) is 0 Å². The highest BCUT2D eigenvalue weighted by molar-refractivity contribution is 6.33. The van der Waals surface area contributed by atoms with Gasteiger partial charge in [-0.15, -0.1) is 0 Å². The van der Waals surface area contributed by atoms with Crippen molar-refractivity contribution in [2.24, 2.45) is 0 Å². The topological polar surface area (TPSA) is 81.6 Å². The highest BCUT2D eigenvalue weighted by Crippen LogP contribution is 2.35. The molecule has 0 aliphatic carbocycles. The molecular weight excluding hydrogens is 418 g/mol. The number of carbonyl (C=O) groups is 2. The predicted octanol–water partition coefficient (Wildman–Crippen LogP) is 4.63. The van der Waals surface area contributed by atoms with E-state index in [0.29, 0.717) is 28.6 Å². The molecule has 7 heteroatoms. The van der Waals surface area contributed by atoms with Crippen molar-refractivity contribution in [3.8, 4) is 34.0 Å². The Kier molecular flexibility index (Phi) is 5.06. The van der Waals surface area contributed by atoms with E-state index in [4.69, 9.17) is 9.47 Å². The Bertz CT molecular complexity index is 1260. The molecule has 0 radical (unpaired) electrons. The lowest BCUT2D eigenvalue weighted by Crippen LogP contribution is -2.29. The minimum atomic E-state index is -0.496. The molecule has 33 heavy (non-hydrogen) atoms. The van der Waals surface area contributed by atoms with Crippen molar-refractivity contribution in [3.63, 3.8) is 0 Å². The number of para-hydroxylation sites is 1. The number of benzene rings is 3. The lowest BCUT2D eigenvalue weighted by molar-refractivity contribution is 0.0923. The Hall–Kier alpha value is -4.52. The van der Waals surface area contributed by atoms with Gasteiger partial charge in [0.25, 0.3) is 11.8 Å². The lowest BCUT2D eigenvalue weighted by Gasteiger charge is -2.12. The zero-order valence-corrected chi connectivity index (χ0v) is 18.0. The molecule has 0 unspecified atom stereocenters. The normalized spacial score (nSPS) is 12.6. The predicted molar refractivity (Wildman–Crippen MR) is 124 cm³/mol. The molecule has 7 nitrogen and oxygen atoms in total. The van der Waals surface area contributed by atoms with Gasteiger partial charge in [-0.05, 0) is 60.7 Å². The standard InChI is InChI=1S/C26H19N3O4/c1-32-19-12-8-16(9-13-19)21-22(17-10-14-20(33-2)15-11-17)28-24-23(27-21)25(30)29(26(24)31)18-6-4-3-5-7-18/h3-15H,1-2H3. The number of hydrogen-bond donors (Lipinski definition) is 0. The zero-order valence-electron chi connectivity index (χ0n) is 18.0. The number of rotatable bonds is 5. The van der Waals surface area contributed by atoms with Crippen LogP contribution in [-0.2, 0) is 0 Å². The first-order chi connectivity index (χ1) is 16.1. The van der Waals surface area contributed by atoms with Gasteiger partial charge in [-0.1, -0.05) is 18.2 Å². The molecule has 0 saturated carbocycles. The van der Waals surface area contributed by atoms with Gasteiger partial charge in [0.2, 0.25) is 0 Å². The molecule has 2 amide bonds. The van der Waals surface area contributed by atoms with Gasteiger partial charge in [0.05, 0.1) is 31.3 Å². The first-order valence-corrected chi connectivity index (χ1v) is 10.3. The second-order valence-electron chi connectivity index (χ2n) is 7.36. The average Bonchev–Trinajstić information content (AvgIpc) is 3.13. The van der Waals surface area contributed by atoms with Crippen LogP contribution in [0, 0.1) is 0 Å². The number of methoxy groups -OCH3 is 2. The third kappa shape index (κ3) is 3.49. The molecule has 4 aromatic rings. The molecule has 2 heterocycles. The zero-order chi connectivity index (χ0) is 22.9. The van der Waals surface area contributed by atoms with Gasteiger partial charge in [0.15, 0.2) is 11.4 Å². The second kappa shape index (κ2) is 8.20. The molecule has 0 N–H and O–H groups in total. The molecule has 3 aromatic carbocycles. The van der Waals surface area contributed by atoms with Gasteiger partial charge >= 0.3 is 0 Å². The van der Waals surface area contributed by atoms with Crippen LogP contribution < -0.4 is 14.4 Å². The summed E-state index contributed by atoms with van der Waals surface area (Å²) < 4.78 is 10.5. The molecule has 0 atom stereocenters. The fraction of sp³-hybridized carbons (Fsp3) is 0.0769. The summed E-state index contributed by atoms with van der Waals surface area (Å²) in [4.78, 5) is 36.8. The molecule has 0 spiro atoms. The summed E-state index contributed by atoms with van der Waals surface area (Å²) in [7, 11) is 3.19. The van der Waals surface area contributed by atoms with Gasteiger partial charge in [-0.2, -0.15) is 0 Å². The van der Waals surface area contributed by atoms with Crippen LogP contribution >= 0.6 is 0 Å². The van der Waals surface area contributed by atoms with Crippen LogP contribution in [0.1, 0.15) is 21.0 Å². The van der Waals surface area contributed by atoms with Gasteiger partial charge in [0.1, 0.15) is 11.5 Å². The molecule has 162 valence electrons. The summed E-state index contributed by atoms with van der Waals surface area (Å²) in [5.41, 5.74) is 3.03. The van der Waals surface area contributed by atoms with Gasteiger partial charge < -0.3 is 9.47 Å². The summed E-state index contributed by atoms with van der Waals surface area (Å²) in [6.45, 7) is 0. The maximum Gasteiger partial charge on any atom is 0.286 e. The maximum atomic E-state index is 13.2. The number of imide groups is 1. The molecule has 5 rings (SSSR count). The minimum absolute atomic E-state index is 0.0342. The highest BCUT2D eigenvalue weighted by Gasteiger charge is 2.40. The van der Waals surface area contributed by atoms with Gasteiger partial charge in [-0.25, -0.2) is 14.9 Å². The molecule has 0 fully saturated rings. The van der Waals surface area contributed by atoms with E-state index in [-0.39, 0.29) is 11.4 Å². The number of fused-ring (bicyclic) bond motifs is 1. The Morgan fingerprint density at radius 3 is 1.39 bits per heavy atom. The molecule has 0 saturated heterocycles. The number of amides is 2. The Morgan fingerprint density at radius 2 is 1.00 bits per heavy atom. The molecule has 1 aromatic heterocycles. The monoisotopic (exact) mass is 437 g/mol. The Balaban J connectivity index is 1.69. The molecular formula is C26H19N3O4. The molecule has 0 bridgehead atoms. The third-order valence-corrected chi connectivity index (χ3v) is 5.45. The van der Waals surface area contributed by atoms with Crippen LogP contribution in [-0.4, -0.2) is 36.0 Å². The fourth-order valence-electron chi connectivity index (χ4n) is 3.75. The number of nitrogens with zero attached hydrogens (tertiary/aromatic N) is 3. The van der Waals surface area contributed by atoms with E-state index in [9.17, 15) is 9.59 Å². The van der Waals surface area contributed by atoms with Crippen LogP contribution in [0.5, 0.6) is 11.5 Å². The van der Waals surface area contributed by atoms with E-state index in [1.54, 1.807) is 38.5 Å². The average molecular weight is 437 g/mol. The van der Waals surface area contributed by atoms with E-state index < -0.39 is 11.8 Å². The number of ether oxygens (including phenoxy) is 2. The van der Waals surface area contributed by atoms with Crippen molar-refractivity contribution in [1.82, 2.24) is 9.97 Å². The Labute approximate surface area is 190 Å². The first kappa shape index (κ1) is 20.4. The summed E-state index contributed by atoms with van der Waals surface area (Å²) >= 11 is 0. The van der Waals surface area contributed by atoms with Gasteiger partial charge in [0, 0.05) is 11.1 Å². The lowest BCUT2D eigenvalue weighted by atomic mass is 10.0. The van der Waals surface area contributed by atoms with E-state index >= 15 is 0 Å².